The van der Waals surface area contributed by atoms with Gasteiger partial charge >= 0.3 is 0 Å². The molecule has 17 atom stereocenters. The summed E-state index contributed by atoms with van der Waals surface area (Å²) in [5.41, 5.74) is 0. The molecule has 12 N–H and O–H groups in total. The zero-order valence-electron chi connectivity index (χ0n) is 59.2. The van der Waals surface area contributed by atoms with Gasteiger partial charge in [-0.3, -0.25) is 4.79 Å². The largest absolute Gasteiger partial charge is 0.394 e. The molecule has 0 radical (unpaired) electrons. The van der Waals surface area contributed by atoms with Crippen LogP contribution in [0.25, 0.3) is 0 Å². The van der Waals surface area contributed by atoms with Crippen molar-refractivity contribution in [1.29, 1.82) is 0 Å². The maximum atomic E-state index is 13.5. The van der Waals surface area contributed by atoms with E-state index in [-0.39, 0.29) is 18.9 Å². The predicted octanol–water partition coefficient (Wildman–Crippen LogP) is 12.0. The first kappa shape index (κ1) is 86.8. The first-order valence-corrected chi connectivity index (χ1v) is 38.9. The lowest BCUT2D eigenvalue weighted by molar-refractivity contribution is -0.379. The minimum absolute atomic E-state index is 0.235. The van der Waals surface area contributed by atoms with Crippen molar-refractivity contribution >= 4 is 5.91 Å². The molecule has 94 heavy (non-hydrogen) atoms. The SMILES string of the molecule is CCCCCCCCCC/C=C\CCCCCCCCCCCCCCCCCCCCCCCC(=O)NC(COC1OC(CO)C(OC2OC(CO)C(OC3OC(CO)C(O)C(O)C3O)C(O)C2O)C(O)C1O)C(O)CCCCCCCCCCCCCCCCCC. The minimum Gasteiger partial charge on any atom is -0.394 e. The molecule has 3 saturated heterocycles. The summed E-state index contributed by atoms with van der Waals surface area (Å²) >= 11 is 0. The van der Waals surface area contributed by atoms with Crippen LogP contribution < -0.4 is 5.32 Å². The number of carbonyl (C=O) groups is 1. The Bertz CT molecular complexity index is 1750. The molecule has 19 heteroatoms. The Hall–Kier alpha value is -1.47. The van der Waals surface area contributed by atoms with Crippen LogP contribution in [-0.4, -0.2) is 193 Å². The second kappa shape index (κ2) is 57.2. The third-order valence-corrected chi connectivity index (χ3v) is 19.8. The van der Waals surface area contributed by atoms with Gasteiger partial charge < -0.3 is 89.9 Å². The van der Waals surface area contributed by atoms with Crippen molar-refractivity contribution in [2.24, 2.45) is 0 Å². The molecule has 556 valence electrons. The van der Waals surface area contributed by atoms with E-state index < -0.39 is 124 Å². The molecule has 19 nitrogen and oxygen atoms in total. The fourth-order valence-corrected chi connectivity index (χ4v) is 13.5. The lowest BCUT2D eigenvalue weighted by Gasteiger charge is -2.48. The van der Waals surface area contributed by atoms with Crippen LogP contribution in [0.4, 0.5) is 0 Å². The molecule has 3 fully saturated rings. The van der Waals surface area contributed by atoms with Crippen LogP contribution in [0.1, 0.15) is 328 Å². The quantitative estimate of drug-likeness (QED) is 0.0199. The van der Waals surface area contributed by atoms with E-state index in [1.807, 2.05) is 0 Å². The van der Waals surface area contributed by atoms with Crippen molar-refractivity contribution in [3.05, 3.63) is 12.2 Å². The minimum atomic E-state index is -1.97. The van der Waals surface area contributed by atoms with Crippen LogP contribution in [0.15, 0.2) is 12.2 Å². The molecule has 3 heterocycles. The first-order valence-electron chi connectivity index (χ1n) is 38.9. The average Bonchev–Trinajstić information content (AvgIpc) is 0.787. The Labute approximate surface area is 569 Å². The van der Waals surface area contributed by atoms with E-state index in [2.05, 4.69) is 31.3 Å². The van der Waals surface area contributed by atoms with Crippen LogP contribution >= 0.6 is 0 Å². The van der Waals surface area contributed by atoms with Gasteiger partial charge in [-0.1, -0.05) is 296 Å². The lowest BCUT2D eigenvalue weighted by atomic mass is 9.96. The number of ether oxygens (including phenoxy) is 6. The van der Waals surface area contributed by atoms with Crippen molar-refractivity contribution in [2.45, 2.75) is 433 Å². The highest BCUT2D eigenvalue weighted by atomic mass is 16.8. The zero-order valence-corrected chi connectivity index (χ0v) is 59.2. The molecule has 17 unspecified atom stereocenters. The van der Waals surface area contributed by atoms with Gasteiger partial charge in [-0.05, 0) is 38.5 Å². The molecule has 3 aliphatic heterocycles. The molecular weight excluding hydrogens is 1200 g/mol. The Balaban J connectivity index is 1.33. The fraction of sp³-hybridized carbons (Fsp3) is 0.960. The van der Waals surface area contributed by atoms with Crippen LogP contribution in [0.3, 0.4) is 0 Å². The number of amides is 1. The fourth-order valence-electron chi connectivity index (χ4n) is 13.5. The molecule has 1 amide bonds. The number of unbranched alkanes of at least 4 members (excludes halogenated alkanes) is 44. The van der Waals surface area contributed by atoms with E-state index in [0.717, 1.165) is 44.9 Å². The molecule has 0 aromatic rings. The summed E-state index contributed by atoms with van der Waals surface area (Å²) in [6.45, 7) is 1.84. The third-order valence-electron chi connectivity index (χ3n) is 19.8. The van der Waals surface area contributed by atoms with Crippen molar-refractivity contribution in [2.75, 3.05) is 26.4 Å². The summed E-state index contributed by atoms with van der Waals surface area (Å²) in [4.78, 5) is 13.5. The molecule has 0 aromatic carbocycles. The van der Waals surface area contributed by atoms with E-state index in [1.54, 1.807) is 0 Å². The number of nitrogens with one attached hydrogen (secondary N) is 1. The van der Waals surface area contributed by atoms with Crippen molar-refractivity contribution in [3.63, 3.8) is 0 Å². The number of hydrogen-bond acceptors (Lipinski definition) is 18. The van der Waals surface area contributed by atoms with E-state index in [0.29, 0.717) is 12.8 Å². The van der Waals surface area contributed by atoms with Gasteiger partial charge in [0.05, 0.1) is 38.6 Å². The van der Waals surface area contributed by atoms with Gasteiger partial charge in [0.15, 0.2) is 18.9 Å². The maximum absolute atomic E-state index is 13.5. The third kappa shape index (κ3) is 37.8. The van der Waals surface area contributed by atoms with Gasteiger partial charge in [-0.2, -0.15) is 0 Å². The van der Waals surface area contributed by atoms with Gasteiger partial charge in [0.1, 0.15) is 73.2 Å². The van der Waals surface area contributed by atoms with Crippen molar-refractivity contribution in [1.82, 2.24) is 5.32 Å². The number of aliphatic hydroxyl groups is 11. The zero-order chi connectivity index (χ0) is 68.2. The number of carbonyl (C=O) groups excluding carboxylic acids is 1. The number of hydrogen-bond donors (Lipinski definition) is 12. The Morgan fingerprint density at radius 2 is 0.670 bits per heavy atom. The molecule has 0 aromatic heterocycles. The van der Waals surface area contributed by atoms with E-state index >= 15 is 0 Å². The van der Waals surface area contributed by atoms with Crippen molar-refractivity contribution < 1.29 is 89.4 Å². The number of rotatable bonds is 62. The first-order chi connectivity index (χ1) is 45.8. The molecule has 0 aliphatic carbocycles. The topological polar surface area (TPSA) is 307 Å². The highest BCUT2D eigenvalue weighted by molar-refractivity contribution is 5.76. The summed E-state index contributed by atoms with van der Waals surface area (Å²) in [5.74, 6) is -0.235. The van der Waals surface area contributed by atoms with Gasteiger partial charge in [0, 0.05) is 6.42 Å². The second-order valence-electron chi connectivity index (χ2n) is 28.2. The summed E-state index contributed by atoms with van der Waals surface area (Å²) in [7, 11) is 0. The average molecular weight is 1350 g/mol. The Morgan fingerprint density at radius 3 is 1.03 bits per heavy atom. The monoisotopic (exact) mass is 1350 g/mol. The maximum Gasteiger partial charge on any atom is 0.220 e. The lowest BCUT2D eigenvalue weighted by Crippen LogP contribution is -2.66. The smallest absolute Gasteiger partial charge is 0.220 e. The van der Waals surface area contributed by atoms with Gasteiger partial charge in [0.25, 0.3) is 0 Å². The Morgan fingerprint density at radius 1 is 0.372 bits per heavy atom. The van der Waals surface area contributed by atoms with Crippen molar-refractivity contribution in [3.8, 4) is 0 Å². The highest BCUT2D eigenvalue weighted by Crippen LogP contribution is 2.33. The predicted molar refractivity (Wildman–Crippen MR) is 370 cm³/mol. The summed E-state index contributed by atoms with van der Waals surface area (Å²) in [6, 6.07) is -0.883. The summed E-state index contributed by atoms with van der Waals surface area (Å²) in [5, 5.41) is 121. The second-order valence-corrected chi connectivity index (χ2v) is 28.2. The van der Waals surface area contributed by atoms with E-state index in [1.165, 1.54) is 250 Å². The standard InChI is InChI=1S/C75H143NO18/c1-3-5-7-9-11-13-15-17-19-21-22-23-24-25-26-27-28-29-30-31-32-33-34-35-36-37-39-41-43-45-47-49-51-53-63(81)76-58(59(80)52-50-48-46-44-42-40-38-20-18-16-14-12-10-8-6-4-2)57-89-73-69(87)66(84)71(61(55-78)91-73)94-75-70(88)67(85)72(62(56-79)92-75)93-74-68(86)65(83)64(82)60(54-77)90-74/h21-22,58-62,64-75,77-80,82-88H,3-20,23-57H2,1-2H3,(H,76,81)/b22-21-. The molecule has 0 bridgehead atoms. The molecule has 0 spiro atoms. The van der Waals surface area contributed by atoms with Gasteiger partial charge in [0.2, 0.25) is 5.91 Å². The molecule has 3 rings (SSSR count). The number of aliphatic hydroxyl groups excluding tert-OH is 11. The van der Waals surface area contributed by atoms with Gasteiger partial charge in [-0.15, -0.1) is 0 Å². The summed E-state index contributed by atoms with van der Waals surface area (Å²) in [6.07, 6.45) is 38.8. The molecule has 0 saturated carbocycles. The molecular formula is C75H143NO18. The number of allylic oxidation sites excluding steroid dienone is 2. The van der Waals surface area contributed by atoms with Crippen LogP contribution in [0.2, 0.25) is 0 Å². The van der Waals surface area contributed by atoms with Crippen LogP contribution in [-0.2, 0) is 33.2 Å². The Kier molecular flexibility index (Phi) is 52.8. The highest BCUT2D eigenvalue weighted by Gasteiger charge is 2.54. The van der Waals surface area contributed by atoms with E-state index in [4.69, 9.17) is 28.4 Å². The van der Waals surface area contributed by atoms with Gasteiger partial charge in [-0.25, -0.2) is 0 Å². The normalized spacial score (nSPS) is 27.4. The van der Waals surface area contributed by atoms with Crippen LogP contribution in [0, 0.1) is 0 Å². The van der Waals surface area contributed by atoms with E-state index in [9.17, 15) is 61.0 Å². The summed E-state index contributed by atoms with van der Waals surface area (Å²) < 4.78 is 34.5. The van der Waals surface area contributed by atoms with Crippen LogP contribution in [0.5, 0.6) is 0 Å². The molecule has 3 aliphatic rings.